The molecule has 2 rings (SSSR count). The highest BCUT2D eigenvalue weighted by atomic mass is 35.5. The number of hydrogen-bond donors (Lipinski definition) is 2. The SMILES string of the molecule is COc1ccc(S(=O)c2cc(Cl)cnc2C(N)=NO)cc1. The molecule has 1 heterocycles. The van der Waals surface area contributed by atoms with Crippen molar-refractivity contribution in [3.05, 3.63) is 47.2 Å². The Morgan fingerprint density at radius 1 is 1.43 bits per heavy atom. The lowest BCUT2D eigenvalue weighted by Gasteiger charge is -2.08. The van der Waals surface area contributed by atoms with Gasteiger partial charge >= 0.3 is 0 Å². The van der Waals surface area contributed by atoms with Gasteiger partial charge in [0.15, 0.2) is 5.84 Å². The van der Waals surface area contributed by atoms with Crippen molar-refractivity contribution >= 4 is 28.2 Å². The highest BCUT2D eigenvalue weighted by molar-refractivity contribution is 7.85. The van der Waals surface area contributed by atoms with Crippen LogP contribution in [0.15, 0.2) is 51.5 Å². The number of oxime groups is 1. The summed E-state index contributed by atoms with van der Waals surface area (Å²) in [7, 11) is -0.0305. The van der Waals surface area contributed by atoms with Crippen LogP contribution >= 0.6 is 11.6 Å². The minimum absolute atomic E-state index is 0.121. The van der Waals surface area contributed by atoms with Gasteiger partial charge in [0.2, 0.25) is 0 Å². The van der Waals surface area contributed by atoms with Gasteiger partial charge < -0.3 is 15.7 Å². The molecule has 0 saturated carbocycles. The first-order valence-electron chi connectivity index (χ1n) is 5.76. The Kier molecular flexibility index (Phi) is 4.77. The van der Waals surface area contributed by atoms with Gasteiger partial charge in [0.25, 0.3) is 0 Å². The topological polar surface area (TPSA) is 97.8 Å². The summed E-state index contributed by atoms with van der Waals surface area (Å²) >= 11 is 5.88. The van der Waals surface area contributed by atoms with Crippen LogP contribution in [0.1, 0.15) is 5.69 Å². The van der Waals surface area contributed by atoms with Gasteiger partial charge in [-0.2, -0.15) is 0 Å². The van der Waals surface area contributed by atoms with Crippen LogP contribution in [-0.2, 0) is 10.8 Å². The van der Waals surface area contributed by atoms with E-state index in [1.807, 2.05) is 0 Å². The average molecular weight is 326 g/mol. The van der Waals surface area contributed by atoms with Crippen molar-refractivity contribution in [2.75, 3.05) is 7.11 Å². The molecule has 0 bridgehead atoms. The van der Waals surface area contributed by atoms with Crippen LogP contribution in [0.2, 0.25) is 5.02 Å². The van der Waals surface area contributed by atoms with Crippen molar-refractivity contribution in [1.82, 2.24) is 4.98 Å². The summed E-state index contributed by atoms with van der Waals surface area (Å²) < 4.78 is 17.7. The molecule has 8 heteroatoms. The smallest absolute Gasteiger partial charge is 0.190 e. The van der Waals surface area contributed by atoms with Crippen LogP contribution in [0.3, 0.4) is 0 Å². The fourth-order valence-electron chi connectivity index (χ4n) is 1.63. The second-order valence-electron chi connectivity index (χ2n) is 3.93. The maximum atomic E-state index is 12.6. The third-order valence-corrected chi connectivity index (χ3v) is 4.26. The molecule has 0 fully saturated rings. The molecule has 0 saturated heterocycles. The minimum Gasteiger partial charge on any atom is -0.497 e. The first-order valence-corrected chi connectivity index (χ1v) is 7.29. The second-order valence-corrected chi connectivity index (χ2v) is 5.81. The Morgan fingerprint density at radius 3 is 2.67 bits per heavy atom. The second kappa shape index (κ2) is 6.55. The van der Waals surface area contributed by atoms with Gasteiger partial charge in [-0.3, -0.25) is 4.98 Å². The zero-order valence-electron chi connectivity index (χ0n) is 11.0. The van der Waals surface area contributed by atoms with E-state index in [0.717, 1.165) is 0 Å². The van der Waals surface area contributed by atoms with Crippen LogP contribution in [0.4, 0.5) is 0 Å². The van der Waals surface area contributed by atoms with Crippen LogP contribution in [-0.4, -0.2) is 27.3 Å². The third-order valence-electron chi connectivity index (χ3n) is 2.64. The molecule has 1 atom stereocenters. The highest BCUT2D eigenvalue weighted by Gasteiger charge is 2.17. The molecule has 1 aromatic heterocycles. The van der Waals surface area contributed by atoms with E-state index in [9.17, 15) is 4.21 Å². The first-order chi connectivity index (χ1) is 10.1. The average Bonchev–Trinajstić information content (AvgIpc) is 2.53. The number of methoxy groups -OCH3 is 1. The summed E-state index contributed by atoms with van der Waals surface area (Å²) in [5.41, 5.74) is 5.67. The van der Waals surface area contributed by atoms with Crippen LogP contribution < -0.4 is 10.5 Å². The quantitative estimate of drug-likeness (QED) is 0.388. The molecule has 0 radical (unpaired) electrons. The maximum Gasteiger partial charge on any atom is 0.190 e. The van der Waals surface area contributed by atoms with E-state index in [4.69, 9.17) is 27.3 Å². The van der Waals surface area contributed by atoms with Gasteiger partial charge in [0.05, 0.1) is 27.8 Å². The van der Waals surface area contributed by atoms with Crippen molar-refractivity contribution in [1.29, 1.82) is 0 Å². The molecule has 110 valence electrons. The van der Waals surface area contributed by atoms with Gasteiger partial charge in [0, 0.05) is 11.1 Å². The molecule has 2 aromatic rings. The Morgan fingerprint density at radius 2 is 2.10 bits per heavy atom. The summed E-state index contributed by atoms with van der Waals surface area (Å²) in [6, 6.07) is 8.17. The molecule has 6 nitrogen and oxygen atoms in total. The monoisotopic (exact) mass is 325 g/mol. The molecule has 0 aliphatic heterocycles. The number of halogens is 1. The molecule has 0 amide bonds. The Balaban J connectivity index is 2.48. The predicted octanol–water partition coefficient (Wildman–Crippen LogP) is 2.00. The summed E-state index contributed by atoms with van der Waals surface area (Å²) in [5, 5.41) is 12.0. The summed E-state index contributed by atoms with van der Waals surface area (Å²) in [6.07, 6.45) is 1.34. The normalized spacial score (nSPS) is 13.0. The lowest BCUT2D eigenvalue weighted by molar-refractivity contribution is 0.318. The first kappa shape index (κ1) is 15.3. The fraction of sp³-hybridized carbons (Fsp3) is 0.0769. The lowest BCUT2D eigenvalue weighted by Crippen LogP contribution is -2.18. The number of pyridine rings is 1. The summed E-state index contributed by atoms with van der Waals surface area (Å²) in [5.74, 6) is 0.417. The number of rotatable bonds is 4. The third kappa shape index (κ3) is 3.32. The number of nitrogens with two attached hydrogens (primary N) is 1. The van der Waals surface area contributed by atoms with Crippen molar-refractivity contribution in [3.8, 4) is 5.75 Å². The Bertz CT molecular complexity index is 704. The molecular weight excluding hydrogens is 314 g/mol. The van der Waals surface area contributed by atoms with Crippen LogP contribution in [0.25, 0.3) is 0 Å². The predicted molar refractivity (Wildman–Crippen MR) is 79.4 cm³/mol. The van der Waals surface area contributed by atoms with Gasteiger partial charge in [-0.25, -0.2) is 4.21 Å². The molecule has 0 aliphatic carbocycles. The minimum atomic E-state index is -1.58. The molecule has 0 spiro atoms. The van der Waals surface area contributed by atoms with E-state index in [1.54, 1.807) is 31.4 Å². The summed E-state index contributed by atoms with van der Waals surface area (Å²) in [6.45, 7) is 0. The number of amidine groups is 1. The number of aromatic nitrogens is 1. The number of nitrogens with zero attached hydrogens (tertiary/aromatic N) is 2. The van der Waals surface area contributed by atoms with Gasteiger partial charge in [-0.05, 0) is 30.3 Å². The van der Waals surface area contributed by atoms with E-state index in [2.05, 4.69) is 10.1 Å². The Labute approximate surface area is 128 Å². The van der Waals surface area contributed by atoms with Crippen molar-refractivity contribution in [3.63, 3.8) is 0 Å². The standard InChI is InChI=1S/C13H12ClN3O3S/c1-20-9-2-4-10(5-3-9)21(19)11-6-8(14)7-16-12(11)13(15)17-18/h2-7,18H,1H3,(H2,15,17). The molecule has 1 aromatic carbocycles. The van der Waals surface area contributed by atoms with Crippen LogP contribution in [0.5, 0.6) is 5.75 Å². The zero-order valence-corrected chi connectivity index (χ0v) is 12.6. The maximum absolute atomic E-state index is 12.6. The zero-order chi connectivity index (χ0) is 15.4. The largest absolute Gasteiger partial charge is 0.497 e. The van der Waals surface area contributed by atoms with Gasteiger partial charge in [-0.1, -0.05) is 16.8 Å². The number of ether oxygens (including phenoxy) is 1. The molecule has 3 N–H and O–H groups in total. The number of hydrogen-bond acceptors (Lipinski definition) is 5. The molecule has 1 unspecified atom stereocenters. The fourth-order valence-corrected chi connectivity index (χ4v) is 3.05. The molecular formula is C13H12ClN3O3S. The number of benzene rings is 1. The van der Waals surface area contributed by atoms with Gasteiger partial charge in [-0.15, -0.1) is 0 Å². The molecule has 0 aliphatic rings. The van der Waals surface area contributed by atoms with E-state index < -0.39 is 10.8 Å². The Hall–Kier alpha value is -2.12. The van der Waals surface area contributed by atoms with E-state index >= 15 is 0 Å². The van der Waals surface area contributed by atoms with Crippen molar-refractivity contribution in [2.45, 2.75) is 9.79 Å². The lowest BCUT2D eigenvalue weighted by atomic mass is 10.3. The van der Waals surface area contributed by atoms with Crippen molar-refractivity contribution in [2.24, 2.45) is 10.9 Å². The highest BCUT2D eigenvalue weighted by Crippen LogP contribution is 2.23. The summed E-state index contributed by atoms with van der Waals surface area (Å²) in [4.78, 5) is 4.75. The van der Waals surface area contributed by atoms with E-state index in [0.29, 0.717) is 15.7 Å². The van der Waals surface area contributed by atoms with Crippen LogP contribution in [0, 0.1) is 0 Å². The molecule has 21 heavy (non-hydrogen) atoms. The van der Waals surface area contributed by atoms with E-state index in [-0.39, 0.29) is 16.4 Å². The van der Waals surface area contributed by atoms with Crippen molar-refractivity contribution < 1.29 is 14.2 Å². The van der Waals surface area contributed by atoms with Gasteiger partial charge in [0.1, 0.15) is 11.4 Å². The van der Waals surface area contributed by atoms with E-state index in [1.165, 1.54) is 12.3 Å².